The number of likely N-dealkylation sites (N-methyl/N-ethyl adjacent to an activating group) is 2. The Balaban J connectivity index is 1.32. The van der Waals surface area contributed by atoms with E-state index in [1.807, 2.05) is 0 Å². The van der Waals surface area contributed by atoms with Crippen LogP contribution in [0.1, 0.15) is 12.8 Å². The maximum absolute atomic E-state index is 13.3. The fraction of sp³-hybridized carbons (Fsp3) is 0.526. The highest BCUT2D eigenvalue weighted by Gasteiger charge is 2.53. The number of ether oxygens (including phenoxy) is 1. The number of carbonyl (C=O) groups excluding carboxylic acids is 3. The monoisotopic (exact) mass is 405 g/mol. The van der Waals surface area contributed by atoms with E-state index in [1.54, 1.807) is 31.1 Å². The molecule has 0 spiro atoms. The first kappa shape index (κ1) is 19.3. The summed E-state index contributed by atoms with van der Waals surface area (Å²) >= 11 is 0. The van der Waals surface area contributed by atoms with Crippen LogP contribution in [-0.2, 0) is 4.79 Å². The number of urea groups is 2. The highest BCUT2D eigenvalue weighted by Crippen LogP contribution is 2.27. The number of likely N-dealkylation sites (tertiary alicyclic amines) is 1. The van der Waals surface area contributed by atoms with Gasteiger partial charge in [0.05, 0.1) is 0 Å². The normalized spacial score (nSPS) is 24.8. The molecule has 1 N–H and O–H groups in total. The van der Waals surface area contributed by atoms with Crippen molar-refractivity contribution >= 4 is 18.0 Å². The first-order chi connectivity index (χ1) is 13.8. The Morgan fingerprint density at radius 1 is 1.21 bits per heavy atom. The second-order valence-corrected chi connectivity index (χ2v) is 7.60. The number of amides is 5. The van der Waals surface area contributed by atoms with E-state index in [2.05, 4.69) is 5.32 Å². The fourth-order valence-electron chi connectivity index (χ4n) is 4.14. The van der Waals surface area contributed by atoms with Crippen LogP contribution in [0.4, 0.5) is 14.0 Å². The van der Waals surface area contributed by atoms with E-state index in [0.717, 1.165) is 0 Å². The minimum atomic E-state index is -0.502. The predicted molar refractivity (Wildman–Crippen MR) is 100 cm³/mol. The van der Waals surface area contributed by atoms with Crippen molar-refractivity contribution in [1.29, 1.82) is 0 Å². The summed E-state index contributed by atoms with van der Waals surface area (Å²) in [7, 11) is 3.25. The Kier molecular flexibility index (Phi) is 4.93. The first-order valence-corrected chi connectivity index (χ1v) is 9.62. The molecule has 29 heavy (non-hydrogen) atoms. The maximum atomic E-state index is 13.3. The summed E-state index contributed by atoms with van der Waals surface area (Å²) in [5, 5.41) is 2.75. The minimum Gasteiger partial charge on any atom is -0.490 e. The predicted octanol–water partition coefficient (Wildman–Crippen LogP) is 0.870. The summed E-state index contributed by atoms with van der Waals surface area (Å²) in [5.41, 5.74) is 0. The first-order valence-electron chi connectivity index (χ1n) is 9.62. The summed E-state index contributed by atoms with van der Waals surface area (Å²) in [6, 6.07) is 5.45. The van der Waals surface area contributed by atoms with E-state index in [0.29, 0.717) is 31.7 Å². The van der Waals surface area contributed by atoms with Crippen molar-refractivity contribution in [3.05, 3.63) is 30.1 Å². The van der Waals surface area contributed by atoms with Crippen LogP contribution < -0.4 is 10.1 Å². The largest absolute Gasteiger partial charge is 0.490 e. The molecule has 0 bridgehead atoms. The van der Waals surface area contributed by atoms with Crippen molar-refractivity contribution in [2.24, 2.45) is 0 Å². The van der Waals surface area contributed by atoms with Gasteiger partial charge in [-0.15, -0.1) is 0 Å². The number of nitrogens with one attached hydrogen (secondary N) is 1. The number of rotatable bonds is 4. The van der Waals surface area contributed by atoms with Gasteiger partial charge < -0.3 is 24.8 Å². The van der Waals surface area contributed by atoms with E-state index in [1.165, 1.54) is 26.8 Å². The molecular formula is C19H24FN5O4. The van der Waals surface area contributed by atoms with Crippen LogP contribution >= 0.6 is 0 Å². The zero-order valence-corrected chi connectivity index (χ0v) is 16.4. The lowest BCUT2D eigenvalue weighted by molar-refractivity contribution is -0.134. The lowest BCUT2D eigenvalue weighted by Gasteiger charge is -2.34. The van der Waals surface area contributed by atoms with E-state index < -0.39 is 12.3 Å². The molecule has 0 radical (unpaired) electrons. The number of hydrogen-bond donors (Lipinski definition) is 1. The van der Waals surface area contributed by atoms with E-state index in [9.17, 15) is 18.8 Å². The highest BCUT2D eigenvalue weighted by atomic mass is 19.1. The molecule has 9 nitrogen and oxygen atoms in total. The van der Waals surface area contributed by atoms with Crippen LogP contribution in [0.3, 0.4) is 0 Å². The molecule has 3 fully saturated rings. The number of halogens is 1. The number of piperidine rings is 1. The van der Waals surface area contributed by atoms with Gasteiger partial charge in [-0.1, -0.05) is 6.07 Å². The quantitative estimate of drug-likeness (QED) is 0.806. The molecule has 3 aliphatic heterocycles. The van der Waals surface area contributed by atoms with Crippen molar-refractivity contribution in [1.82, 2.24) is 24.9 Å². The minimum absolute atomic E-state index is 0.0894. The molecule has 5 amide bonds. The Morgan fingerprint density at radius 3 is 2.62 bits per heavy atom. The van der Waals surface area contributed by atoms with E-state index in [4.69, 9.17) is 4.74 Å². The summed E-state index contributed by atoms with van der Waals surface area (Å²) < 4.78 is 19.1. The van der Waals surface area contributed by atoms with Gasteiger partial charge in [0.1, 0.15) is 36.5 Å². The standard InChI is InChI=1S/C19H24FN5O4/c1-22-16-17(23(2)19(22)28)25(18(27)21-16)11-15(26)24-8-6-13(7-9-24)29-14-5-3-4-12(20)10-14/h3-5,10,13,16-17H,6-9,11H2,1-2H3,(H,21,27)/t16-,17-/m1/s1. The molecule has 3 heterocycles. The van der Waals surface area contributed by atoms with Gasteiger partial charge in [-0.2, -0.15) is 0 Å². The molecule has 2 atom stereocenters. The molecule has 0 aliphatic carbocycles. The van der Waals surface area contributed by atoms with Crippen LogP contribution in [0.25, 0.3) is 0 Å². The SMILES string of the molecule is CN1C(=O)N(C)[C@H]2NC(=O)N(CC(=O)N3CCC(Oc4cccc(F)c4)CC3)[C@H]21. The molecule has 3 saturated heterocycles. The third-order valence-electron chi connectivity index (χ3n) is 5.75. The molecule has 1 aromatic carbocycles. The average molecular weight is 405 g/mol. The second kappa shape index (κ2) is 7.41. The Labute approximate surface area is 168 Å². The van der Waals surface area contributed by atoms with Crippen molar-refractivity contribution in [3.63, 3.8) is 0 Å². The molecule has 156 valence electrons. The van der Waals surface area contributed by atoms with Crippen molar-refractivity contribution in [3.8, 4) is 5.75 Å². The molecular weight excluding hydrogens is 381 g/mol. The zero-order chi connectivity index (χ0) is 20.7. The zero-order valence-electron chi connectivity index (χ0n) is 16.4. The summed E-state index contributed by atoms with van der Waals surface area (Å²) in [4.78, 5) is 43.2. The number of hydrogen-bond acceptors (Lipinski definition) is 4. The average Bonchev–Trinajstić information content (AvgIpc) is 3.12. The van der Waals surface area contributed by atoms with Crippen molar-refractivity contribution in [2.45, 2.75) is 31.3 Å². The Morgan fingerprint density at radius 2 is 1.93 bits per heavy atom. The Hall–Kier alpha value is -3.04. The third-order valence-corrected chi connectivity index (χ3v) is 5.75. The van der Waals surface area contributed by atoms with Crippen molar-refractivity contribution in [2.75, 3.05) is 33.7 Å². The molecule has 3 aliphatic rings. The van der Waals surface area contributed by atoms with Gasteiger partial charge in [-0.05, 0) is 12.1 Å². The smallest absolute Gasteiger partial charge is 0.323 e. The second-order valence-electron chi connectivity index (χ2n) is 7.60. The third kappa shape index (κ3) is 3.54. The molecule has 0 aromatic heterocycles. The van der Waals surface area contributed by atoms with Gasteiger partial charge >= 0.3 is 12.1 Å². The lowest BCUT2D eigenvalue weighted by Crippen LogP contribution is -2.51. The molecule has 0 saturated carbocycles. The van der Waals surface area contributed by atoms with Gasteiger partial charge in [0, 0.05) is 46.1 Å². The maximum Gasteiger partial charge on any atom is 0.323 e. The van der Waals surface area contributed by atoms with Gasteiger partial charge in [0.25, 0.3) is 0 Å². The van der Waals surface area contributed by atoms with Crippen LogP contribution in [-0.4, -0.2) is 89.7 Å². The Bertz CT molecular complexity index is 829. The molecule has 10 heteroatoms. The van der Waals surface area contributed by atoms with Crippen LogP contribution in [0.15, 0.2) is 24.3 Å². The van der Waals surface area contributed by atoms with E-state index >= 15 is 0 Å². The van der Waals surface area contributed by atoms with Crippen LogP contribution in [0.5, 0.6) is 5.75 Å². The van der Waals surface area contributed by atoms with Gasteiger partial charge in [0.15, 0.2) is 0 Å². The lowest BCUT2D eigenvalue weighted by atomic mass is 10.1. The highest BCUT2D eigenvalue weighted by molar-refractivity contribution is 5.88. The number of nitrogens with zero attached hydrogens (tertiary/aromatic N) is 4. The van der Waals surface area contributed by atoms with Crippen molar-refractivity contribution < 1.29 is 23.5 Å². The topological polar surface area (TPSA) is 85.4 Å². The number of carbonyl (C=O) groups is 3. The van der Waals surface area contributed by atoms with Crippen LogP contribution in [0, 0.1) is 5.82 Å². The summed E-state index contributed by atoms with van der Waals surface area (Å²) in [5.74, 6) is -0.0358. The van der Waals surface area contributed by atoms with Gasteiger partial charge in [0.2, 0.25) is 5.91 Å². The fourth-order valence-corrected chi connectivity index (χ4v) is 4.14. The summed E-state index contributed by atoms with van der Waals surface area (Å²) in [6.07, 6.45) is 0.201. The van der Waals surface area contributed by atoms with Crippen LogP contribution in [0.2, 0.25) is 0 Å². The van der Waals surface area contributed by atoms with E-state index in [-0.39, 0.29) is 36.4 Å². The van der Waals surface area contributed by atoms with Gasteiger partial charge in [-0.3, -0.25) is 9.69 Å². The molecule has 4 rings (SSSR count). The molecule has 1 aromatic rings. The molecule has 0 unspecified atom stereocenters. The number of fused-ring (bicyclic) bond motifs is 1. The summed E-state index contributed by atoms with van der Waals surface area (Å²) in [6.45, 7) is 0.905. The van der Waals surface area contributed by atoms with Gasteiger partial charge in [-0.25, -0.2) is 14.0 Å². The number of benzene rings is 1.